The molecular weight excluding hydrogens is 288 g/mol. The number of esters is 1. The van der Waals surface area contributed by atoms with Gasteiger partial charge in [-0.25, -0.2) is 4.79 Å². The molecule has 0 atom stereocenters. The van der Waals surface area contributed by atoms with Crippen LogP contribution in [0.2, 0.25) is 0 Å². The Morgan fingerprint density at radius 3 is 1.95 bits per heavy atom. The molecule has 0 aromatic heterocycles. The van der Waals surface area contributed by atoms with Crippen molar-refractivity contribution < 1.29 is 9.53 Å². The molecule has 0 saturated heterocycles. The highest BCUT2D eigenvalue weighted by atomic mass is 35.5. The van der Waals surface area contributed by atoms with Crippen LogP contribution in [0.5, 0.6) is 0 Å². The summed E-state index contributed by atoms with van der Waals surface area (Å²) in [6.07, 6.45) is 1.58. The van der Waals surface area contributed by atoms with Gasteiger partial charge in [-0.3, -0.25) is 0 Å². The lowest BCUT2D eigenvalue weighted by molar-refractivity contribution is -0.136. The van der Waals surface area contributed by atoms with Gasteiger partial charge in [-0.05, 0) is 31.3 Å². The van der Waals surface area contributed by atoms with Crippen molar-refractivity contribution in [3.63, 3.8) is 0 Å². The molecule has 0 saturated carbocycles. The third kappa shape index (κ3) is 9.93. The van der Waals surface area contributed by atoms with Gasteiger partial charge in [0, 0.05) is 0 Å². The van der Waals surface area contributed by atoms with Crippen LogP contribution in [-0.4, -0.2) is 37.6 Å². The van der Waals surface area contributed by atoms with Crippen molar-refractivity contribution in [3.05, 3.63) is 41.6 Å². The monoisotopic (exact) mass is 314 g/mol. The average molecular weight is 315 g/mol. The predicted molar refractivity (Wildman–Crippen MR) is 91.3 cm³/mol. The van der Waals surface area contributed by atoms with E-state index in [-0.39, 0.29) is 18.1 Å². The maximum atomic E-state index is 10.9. The first-order valence-electron chi connectivity index (χ1n) is 6.91. The molecule has 0 radical (unpaired) electrons. The summed E-state index contributed by atoms with van der Waals surface area (Å²) < 4.78 is 4.45. The standard InChI is InChI=1S/C10H11NO2.C6H15N.ClH/c1-13-10(12)9(11)7-8-5-3-2-4-6-8;1-4-7(5-2)6-3;/h2-7H,11H2,1H3;4-6H2,1-3H3;1H. The van der Waals surface area contributed by atoms with Crippen LogP contribution in [0, 0.1) is 0 Å². The molecule has 21 heavy (non-hydrogen) atoms. The zero-order valence-corrected chi connectivity index (χ0v) is 14.2. The van der Waals surface area contributed by atoms with Gasteiger partial charge < -0.3 is 15.4 Å². The topological polar surface area (TPSA) is 55.6 Å². The molecule has 120 valence electrons. The number of halogens is 1. The predicted octanol–water partition coefficient (Wildman–Crippen LogP) is 2.93. The molecule has 0 amide bonds. The lowest BCUT2D eigenvalue weighted by Crippen LogP contribution is -2.21. The minimum atomic E-state index is -0.510. The number of methoxy groups -OCH3 is 1. The van der Waals surface area contributed by atoms with Gasteiger partial charge in [-0.1, -0.05) is 51.1 Å². The van der Waals surface area contributed by atoms with E-state index in [1.54, 1.807) is 6.08 Å². The van der Waals surface area contributed by atoms with E-state index >= 15 is 0 Å². The second kappa shape index (κ2) is 13.5. The fraction of sp³-hybridized carbons (Fsp3) is 0.438. The average Bonchev–Trinajstić information content (AvgIpc) is 2.50. The summed E-state index contributed by atoms with van der Waals surface area (Å²) in [7, 11) is 1.30. The van der Waals surface area contributed by atoms with Crippen LogP contribution in [0.25, 0.3) is 6.08 Å². The summed E-state index contributed by atoms with van der Waals surface area (Å²) in [6, 6.07) is 9.35. The Morgan fingerprint density at radius 1 is 1.14 bits per heavy atom. The number of carbonyl (C=O) groups excluding carboxylic acids is 1. The normalized spacial score (nSPS) is 10.2. The molecule has 1 aromatic carbocycles. The molecule has 0 unspecified atom stereocenters. The molecule has 1 aromatic rings. The first-order chi connectivity index (χ1) is 9.58. The highest BCUT2D eigenvalue weighted by Gasteiger charge is 2.02. The van der Waals surface area contributed by atoms with E-state index in [2.05, 4.69) is 30.4 Å². The van der Waals surface area contributed by atoms with Crippen molar-refractivity contribution in [1.29, 1.82) is 0 Å². The van der Waals surface area contributed by atoms with E-state index in [0.29, 0.717) is 0 Å². The number of rotatable bonds is 5. The van der Waals surface area contributed by atoms with Crippen molar-refractivity contribution in [2.45, 2.75) is 20.8 Å². The zero-order valence-electron chi connectivity index (χ0n) is 13.3. The van der Waals surface area contributed by atoms with Gasteiger partial charge in [-0.15, -0.1) is 12.4 Å². The van der Waals surface area contributed by atoms with Gasteiger partial charge in [0.1, 0.15) is 5.70 Å². The first kappa shape index (κ1) is 21.8. The molecule has 0 spiro atoms. The van der Waals surface area contributed by atoms with Gasteiger partial charge in [-0.2, -0.15) is 0 Å². The number of benzene rings is 1. The van der Waals surface area contributed by atoms with Crippen molar-refractivity contribution in [3.8, 4) is 0 Å². The molecule has 0 aliphatic heterocycles. The second-order valence-electron chi connectivity index (χ2n) is 4.12. The highest BCUT2D eigenvalue weighted by molar-refractivity contribution is 5.92. The molecule has 0 fully saturated rings. The number of carbonyl (C=O) groups is 1. The van der Waals surface area contributed by atoms with Gasteiger partial charge in [0.25, 0.3) is 0 Å². The molecule has 0 bridgehead atoms. The van der Waals surface area contributed by atoms with Crippen molar-refractivity contribution in [2.75, 3.05) is 26.7 Å². The van der Waals surface area contributed by atoms with E-state index in [1.807, 2.05) is 30.3 Å². The van der Waals surface area contributed by atoms with Crippen molar-refractivity contribution in [2.24, 2.45) is 5.73 Å². The minimum Gasteiger partial charge on any atom is -0.464 e. The number of ether oxygens (including phenoxy) is 1. The van der Waals surface area contributed by atoms with E-state index in [9.17, 15) is 4.79 Å². The van der Waals surface area contributed by atoms with Gasteiger partial charge in [0.2, 0.25) is 0 Å². The molecule has 4 nitrogen and oxygen atoms in total. The van der Waals surface area contributed by atoms with Crippen LogP contribution in [0.4, 0.5) is 0 Å². The molecule has 5 heteroatoms. The zero-order chi connectivity index (χ0) is 15.4. The smallest absolute Gasteiger partial charge is 0.353 e. The third-order valence-corrected chi connectivity index (χ3v) is 2.88. The SMILES string of the molecule is CCN(CC)CC.COC(=O)C(N)=Cc1ccccc1.Cl. The van der Waals surface area contributed by atoms with Gasteiger partial charge >= 0.3 is 5.97 Å². The van der Waals surface area contributed by atoms with Crippen LogP contribution < -0.4 is 5.73 Å². The number of nitrogens with zero attached hydrogens (tertiary/aromatic N) is 1. The lowest BCUT2D eigenvalue weighted by Gasteiger charge is -2.13. The van der Waals surface area contributed by atoms with Crippen LogP contribution in [0.1, 0.15) is 26.3 Å². The first-order valence-corrected chi connectivity index (χ1v) is 6.91. The van der Waals surface area contributed by atoms with Crippen LogP contribution >= 0.6 is 12.4 Å². The maximum Gasteiger partial charge on any atom is 0.353 e. The Bertz CT molecular complexity index is 398. The molecule has 2 N–H and O–H groups in total. The van der Waals surface area contributed by atoms with Gasteiger partial charge in [0.15, 0.2) is 0 Å². The Balaban J connectivity index is 0. The summed E-state index contributed by atoms with van der Waals surface area (Å²) >= 11 is 0. The maximum absolute atomic E-state index is 10.9. The summed E-state index contributed by atoms with van der Waals surface area (Å²) in [5, 5.41) is 0. The summed E-state index contributed by atoms with van der Waals surface area (Å²) in [5.41, 5.74) is 6.43. The summed E-state index contributed by atoms with van der Waals surface area (Å²) in [6.45, 7) is 10.1. The Morgan fingerprint density at radius 2 is 1.62 bits per heavy atom. The van der Waals surface area contributed by atoms with Crippen LogP contribution in [-0.2, 0) is 9.53 Å². The number of hydrogen-bond acceptors (Lipinski definition) is 4. The molecule has 1 rings (SSSR count). The largest absolute Gasteiger partial charge is 0.464 e. The molecule has 0 aliphatic rings. The van der Waals surface area contributed by atoms with Crippen LogP contribution in [0.3, 0.4) is 0 Å². The number of hydrogen-bond donors (Lipinski definition) is 1. The quantitative estimate of drug-likeness (QED) is 0.670. The van der Waals surface area contributed by atoms with Crippen molar-refractivity contribution in [1.82, 2.24) is 4.90 Å². The summed E-state index contributed by atoms with van der Waals surface area (Å²) in [5.74, 6) is -0.510. The minimum absolute atomic E-state index is 0. The molecular formula is C16H27ClN2O2. The fourth-order valence-electron chi connectivity index (χ4n) is 1.58. The van der Waals surface area contributed by atoms with Gasteiger partial charge in [0.05, 0.1) is 7.11 Å². The lowest BCUT2D eigenvalue weighted by atomic mass is 10.2. The Labute approximate surface area is 134 Å². The van der Waals surface area contributed by atoms with E-state index in [1.165, 1.54) is 26.7 Å². The summed E-state index contributed by atoms with van der Waals surface area (Å²) in [4.78, 5) is 13.3. The van der Waals surface area contributed by atoms with E-state index in [4.69, 9.17) is 5.73 Å². The molecule has 0 heterocycles. The molecule has 0 aliphatic carbocycles. The van der Waals surface area contributed by atoms with E-state index in [0.717, 1.165) is 5.56 Å². The number of nitrogens with two attached hydrogens (primary N) is 1. The fourth-order valence-corrected chi connectivity index (χ4v) is 1.58. The Kier molecular flexibility index (Phi) is 14.0. The van der Waals surface area contributed by atoms with Crippen LogP contribution in [0.15, 0.2) is 36.0 Å². The third-order valence-electron chi connectivity index (χ3n) is 2.88. The van der Waals surface area contributed by atoms with Crippen molar-refractivity contribution >= 4 is 24.5 Å². The van der Waals surface area contributed by atoms with E-state index < -0.39 is 5.97 Å². The second-order valence-corrected chi connectivity index (χ2v) is 4.12. The highest BCUT2D eigenvalue weighted by Crippen LogP contribution is 2.03. The Hall–Kier alpha value is -1.52.